The second-order valence-electron chi connectivity index (χ2n) is 8.73. The van der Waals surface area contributed by atoms with Gasteiger partial charge in [-0.15, -0.1) is 0 Å². The maximum Gasteiger partial charge on any atom is 0.337 e. The highest BCUT2D eigenvalue weighted by molar-refractivity contribution is 5.93. The Kier molecular flexibility index (Phi) is 10.4. The van der Waals surface area contributed by atoms with E-state index in [4.69, 9.17) is 18.9 Å². The molecule has 0 spiro atoms. The number of aliphatic hydroxyl groups is 1. The molecule has 1 N–H and O–H groups in total. The molecule has 0 unspecified atom stereocenters. The molecule has 36 heavy (non-hydrogen) atoms. The molecular formula is C27H34O9. The predicted molar refractivity (Wildman–Crippen MR) is 130 cm³/mol. The summed E-state index contributed by atoms with van der Waals surface area (Å²) >= 11 is 0. The SMILES string of the molecule is C=C1C(=O)O[C@H]2/C=C(/C)[C@@H](OC(C)=O)C/C=C(/C)C[C@@H](OC(=O)/C(=C/C)COC(=O)/C(=C/C)CO)[C@@H]12. The smallest absolute Gasteiger partial charge is 0.337 e. The molecule has 0 bridgehead atoms. The van der Waals surface area contributed by atoms with E-state index < -0.39 is 54.7 Å². The summed E-state index contributed by atoms with van der Waals surface area (Å²) in [6.45, 7) is 11.2. The van der Waals surface area contributed by atoms with Crippen LogP contribution in [0.4, 0.5) is 0 Å². The highest BCUT2D eigenvalue weighted by atomic mass is 16.6. The quantitative estimate of drug-likeness (QED) is 0.242. The summed E-state index contributed by atoms with van der Waals surface area (Å²) in [7, 11) is 0. The van der Waals surface area contributed by atoms with Crippen LogP contribution in [0.25, 0.3) is 0 Å². The van der Waals surface area contributed by atoms with Gasteiger partial charge in [0, 0.05) is 25.3 Å². The monoisotopic (exact) mass is 502 g/mol. The van der Waals surface area contributed by atoms with Gasteiger partial charge in [-0.2, -0.15) is 0 Å². The van der Waals surface area contributed by atoms with Crippen LogP contribution in [-0.2, 0) is 38.1 Å². The Morgan fingerprint density at radius 2 is 1.81 bits per heavy atom. The molecule has 0 aromatic rings. The van der Waals surface area contributed by atoms with Crippen molar-refractivity contribution >= 4 is 23.9 Å². The Bertz CT molecular complexity index is 1030. The highest BCUT2D eigenvalue weighted by Gasteiger charge is 2.45. The number of hydrogen-bond donors (Lipinski definition) is 1. The lowest BCUT2D eigenvalue weighted by Crippen LogP contribution is -2.35. The molecule has 1 fully saturated rings. The predicted octanol–water partition coefficient (Wildman–Crippen LogP) is 3.04. The van der Waals surface area contributed by atoms with E-state index in [1.54, 1.807) is 26.8 Å². The van der Waals surface area contributed by atoms with Gasteiger partial charge < -0.3 is 24.1 Å². The normalized spacial score (nSPS) is 28.1. The largest absolute Gasteiger partial charge is 0.458 e. The van der Waals surface area contributed by atoms with E-state index in [0.717, 1.165) is 5.57 Å². The summed E-state index contributed by atoms with van der Waals surface area (Å²) in [5.74, 6) is -3.14. The molecule has 0 aromatic heterocycles. The summed E-state index contributed by atoms with van der Waals surface area (Å²) in [5.41, 5.74) is 1.91. The van der Waals surface area contributed by atoms with E-state index in [1.165, 1.54) is 19.1 Å². The van der Waals surface area contributed by atoms with Gasteiger partial charge in [0.25, 0.3) is 0 Å². The van der Waals surface area contributed by atoms with Crippen LogP contribution in [0.1, 0.15) is 47.5 Å². The lowest BCUT2D eigenvalue weighted by Gasteiger charge is -2.28. The minimum absolute atomic E-state index is 0.0712. The number of hydrogen-bond acceptors (Lipinski definition) is 9. The summed E-state index contributed by atoms with van der Waals surface area (Å²) < 4.78 is 21.9. The fraction of sp³-hybridized carbons (Fsp3) is 0.481. The van der Waals surface area contributed by atoms with Gasteiger partial charge in [0.2, 0.25) is 0 Å². The van der Waals surface area contributed by atoms with Gasteiger partial charge in [-0.3, -0.25) is 4.79 Å². The number of esters is 4. The van der Waals surface area contributed by atoms with Crippen molar-refractivity contribution in [3.05, 3.63) is 58.7 Å². The molecule has 0 aromatic carbocycles. The molecule has 1 aliphatic heterocycles. The van der Waals surface area contributed by atoms with Gasteiger partial charge in [-0.25, -0.2) is 14.4 Å². The molecule has 0 amide bonds. The Balaban J connectivity index is 2.30. The average Bonchev–Trinajstić information content (AvgIpc) is 3.09. The van der Waals surface area contributed by atoms with Gasteiger partial charge in [-0.1, -0.05) is 30.4 Å². The van der Waals surface area contributed by atoms with Crippen LogP contribution in [0, 0.1) is 5.92 Å². The van der Waals surface area contributed by atoms with Gasteiger partial charge >= 0.3 is 23.9 Å². The molecule has 9 nitrogen and oxygen atoms in total. The standard InChI is InChI=1S/C27H34O9/c1-7-19(13-28)26(31)33-14-20(8-2)27(32)36-22-11-15(3)9-10-21(34-18(6)29)16(4)12-23-24(22)17(5)25(30)35-23/h7-9,12,21-24,28H,5,10-11,13-14H2,1-4,6H3/b15-9-,16-12-,19-7+,20-8+/t21-,22+,23-,24+/m0/s1. The second-order valence-corrected chi connectivity index (χ2v) is 8.73. The van der Waals surface area contributed by atoms with Crippen molar-refractivity contribution in [1.29, 1.82) is 0 Å². The third-order valence-corrected chi connectivity index (χ3v) is 6.12. The zero-order valence-electron chi connectivity index (χ0n) is 21.4. The second kappa shape index (κ2) is 13.0. The lowest BCUT2D eigenvalue weighted by molar-refractivity contribution is -0.149. The van der Waals surface area contributed by atoms with Crippen LogP contribution in [0.3, 0.4) is 0 Å². The lowest BCUT2D eigenvalue weighted by atomic mass is 9.85. The number of ether oxygens (including phenoxy) is 4. The highest BCUT2D eigenvalue weighted by Crippen LogP contribution is 2.36. The molecule has 4 atom stereocenters. The zero-order valence-corrected chi connectivity index (χ0v) is 21.4. The van der Waals surface area contributed by atoms with Crippen LogP contribution in [0.2, 0.25) is 0 Å². The number of carbonyl (C=O) groups excluding carboxylic acids is 4. The van der Waals surface area contributed by atoms with Gasteiger partial charge in [0.15, 0.2) is 0 Å². The Morgan fingerprint density at radius 1 is 1.14 bits per heavy atom. The third-order valence-electron chi connectivity index (χ3n) is 6.12. The van der Waals surface area contributed by atoms with E-state index in [-0.39, 0.29) is 29.7 Å². The van der Waals surface area contributed by atoms with Gasteiger partial charge in [0.05, 0.1) is 23.7 Å². The van der Waals surface area contributed by atoms with Crippen molar-refractivity contribution in [2.45, 2.75) is 65.8 Å². The van der Waals surface area contributed by atoms with E-state index in [1.807, 2.05) is 13.0 Å². The fourth-order valence-corrected chi connectivity index (χ4v) is 4.01. The minimum Gasteiger partial charge on any atom is -0.458 e. The number of carbonyl (C=O) groups is 4. The van der Waals surface area contributed by atoms with E-state index in [0.29, 0.717) is 12.0 Å². The number of fused-ring (bicyclic) bond motifs is 1. The molecule has 0 radical (unpaired) electrons. The fourth-order valence-electron chi connectivity index (χ4n) is 4.01. The molecule has 2 aliphatic rings. The molecule has 196 valence electrons. The average molecular weight is 503 g/mol. The molecule has 1 heterocycles. The molecule has 1 aliphatic carbocycles. The van der Waals surface area contributed by atoms with E-state index >= 15 is 0 Å². The third kappa shape index (κ3) is 7.27. The molecule has 0 saturated carbocycles. The Morgan fingerprint density at radius 3 is 2.39 bits per heavy atom. The zero-order chi connectivity index (χ0) is 27.0. The van der Waals surface area contributed by atoms with Gasteiger partial charge in [-0.05, 0) is 39.3 Å². The van der Waals surface area contributed by atoms with Crippen LogP contribution in [0.15, 0.2) is 58.7 Å². The first kappa shape index (κ1) is 28.8. The van der Waals surface area contributed by atoms with Crippen LogP contribution in [-0.4, -0.2) is 60.5 Å². The Hall–Kier alpha value is -3.46. The minimum atomic E-state index is -0.791. The molecule has 2 rings (SSSR count). The van der Waals surface area contributed by atoms with Crippen molar-refractivity contribution < 1.29 is 43.2 Å². The van der Waals surface area contributed by atoms with Crippen LogP contribution < -0.4 is 0 Å². The number of allylic oxidation sites excluding steroid dienone is 2. The van der Waals surface area contributed by atoms with Crippen molar-refractivity contribution in [2.75, 3.05) is 13.2 Å². The summed E-state index contributed by atoms with van der Waals surface area (Å²) in [4.78, 5) is 49.1. The maximum atomic E-state index is 13.0. The van der Waals surface area contributed by atoms with Crippen LogP contribution >= 0.6 is 0 Å². The summed E-state index contributed by atoms with van der Waals surface area (Å²) in [5, 5.41) is 9.22. The first-order valence-electron chi connectivity index (χ1n) is 11.7. The summed E-state index contributed by atoms with van der Waals surface area (Å²) in [6, 6.07) is 0. The van der Waals surface area contributed by atoms with E-state index in [2.05, 4.69) is 6.58 Å². The molecule has 1 saturated heterocycles. The van der Waals surface area contributed by atoms with Crippen molar-refractivity contribution in [1.82, 2.24) is 0 Å². The number of aliphatic hydroxyl groups excluding tert-OH is 1. The molecular weight excluding hydrogens is 468 g/mol. The van der Waals surface area contributed by atoms with Gasteiger partial charge in [0.1, 0.15) is 24.9 Å². The van der Waals surface area contributed by atoms with Crippen molar-refractivity contribution in [3.8, 4) is 0 Å². The topological polar surface area (TPSA) is 125 Å². The molecule has 9 heteroatoms. The van der Waals surface area contributed by atoms with Crippen molar-refractivity contribution in [2.24, 2.45) is 5.92 Å². The van der Waals surface area contributed by atoms with Crippen LogP contribution in [0.5, 0.6) is 0 Å². The van der Waals surface area contributed by atoms with E-state index in [9.17, 15) is 24.3 Å². The van der Waals surface area contributed by atoms with Crippen molar-refractivity contribution in [3.63, 3.8) is 0 Å². The Labute approximate surface area is 211 Å². The maximum absolute atomic E-state index is 13.0. The summed E-state index contributed by atoms with van der Waals surface area (Å²) in [6.07, 6.45) is 5.13. The first-order chi connectivity index (χ1) is 17.0. The number of rotatable bonds is 7. The first-order valence-corrected chi connectivity index (χ1v) is 11.7.